The molecule has 1 saturated heterocycles. The van der Waals surface area contributed by atoms with Crippen LogP contribution in [0.15, 0.2) is 47.5 Å². The molecule has 3 aromatic rings. The molecule has 1 N–H and O–H groups in total. The molecular weight excluding hydrogens is 500 g/mol. The quantitative estimate of drug-likeness (QED) is 0.341. The van der Waals surface area contributed by atoms with E-state index < -0.39 is 0 Å². The van der Waals surface area contributed by atoms with Crippen LogP contribution in [0.2, 0.25) is 5.02 Å². The van der Waals surface area contributed by atoms with Crippen molar-refractivity contribution in [3.05, 3.63) is 63.8 Å². The Morgan fingerprint density at radius 3 is 2.45 bits per heavy atom. The molecule has 1 aromatic carbocycles. The first-order chi connectivity index (χ1) is 18.3. The molecule has 1 aliphatic heterocycles. The van der Waals surface area contributed by atoms with Crippen molar-refractivity contribution in [1.82, 2.24) is 19.0 Å². The summed E-state index contributed by atoms with van der Waals surface area (Å²) in [4.78, 5) is 33.0. The van der Waals surface area contributed by atoms with E-state index in [2.05, 4.69) is 37.9 Å². The van der Waals surface area contributed by atoms with Crippen LogP contribution in [0.3, 0.4) is 0 Å². The zero-order valence-electron chi connectivity index (χ0n) is 22.9. The highest BCUT2D eigenvalue weighted by Crippen LogP contribution is 2.32. The third-order valence-electron chi connectivity index (χ3n) is 8.43. The number of piperidine rings is 1. The number of fused-ring (bicyclic) bond motifs is 1. The molecule has 0 spiro atoms. The first-order valence-electron chi connectivity index (χ1n) is 14.1. The Balaban J connectivity index is 1.41. The second-order valence-corrected chi connectivity index (χ2v) is 11.3. The summed E-state index contributed by atoms with van der Waals surface area (Å²) in [6, 6.07) is 9.65. The Kier molecular flexibility index (Phi) is 9.66. The summed E-state index contributed by atoms with van der Waals surface area (Å²) in [7, 11) is 0. The second-order valence-electron chi connectivity index (χ2n) is 10.8. The maximum Gasteiger partial charge on any atom is 0.329 e. The highest BCUT2D eigenvalue weighted by atomic mass is 35.5. The van der Waals surface area contributed by atoms with Gasteiger partial charge in [0.15, 0.2) is 0 Å². The Morgan fingerprint density at radius 2 is 1.79 bits per heavy atom. The molecule has 3 heterocycles. The smallest absolute Gasteiger partial charge is 0.329 e. The minimum atomic E-state index is -0.123. The number of hydrogen-bond acceptors (Lipinski definition) is 4. The number of imidazole rings is 1. The number of carbonyl (C=O) groups is 1. The van der Waals surface area contributed by atoms with Crippen LogP contribution in [-0.4, -0.2) is 49.7 Å². The number of nitrogens with zero attached hydrogens (tertiary/aromatic N) is 4. The number of amides is 1. The number of aromatic nitrogens is 3. The van der Waals surface area contributed by atoms with E-state index in [1.165, 1.54) is 5.56 Å². The van der Waals surface area contributed by atoms with Gasteiger partial charge in [-0.05, 0) is 79.8 Å². The van der Waals surface area contributed by atoms with Crippen LogP contribution in [0.5, 0.6) is 0 Å². The van der Waals surface area contributed by atoms with Gasteiger partial charge in [-0.2, -0.15) is 0 Å². The molecule has 8 heteroatoms. The normalized spacial score (nSPS) is 17.0. The van der Waals surface area contributed by atoms with Crippen molar-refractivity contribution < 1.29 is 9.90 Å². The summed E-state index contributed by atoms with van der Waals surface area (Å²) in [5, 5.41) is 10.1. The molecular formula is C30H41ClN4O3. The third kappa shape index (κ3) is 6.15. The number of hydrogen-bond donors (Lipinski definition) is 1. The number of likely N-dealkylation sites (tertiary alicyclic amines) is 1. The van der Waals surface area contributed by atoms with Crippen LogP contribution < -0.4 is 5.69 Å². The van der Waals surface area contributed by atoms with Gasteiger partial charge in [0.05, 0.1) is 24.2 Å². The monoisotopic (exact) mass is 540 g/mol. The fraction of sp³-hybridized carbons (Fsp3) is 0.567. The first-order valence-corrected chi connectivity index (χ1v) is 14.4. The predicted molar refractivity (Wildman–Crippen MR) is 153 cm³/mol. The van der Waals surface area contributed by atoms with Gasteiger partial charge in [0.1, 0.15) is 0 Å². The highest BCUT2D eigenvalue weighted by Gasteiger charge is 2.31. The molecule has 1 aliphatic rings. The maximum atomic E-state index is 13.6. The summed E-state index contributed by atoms with van der Waals surface area (Å²) in [5.41, 5.74) is 2.75. The van der Waals surface area contributed by atoms with E-state index >= 15 is 0 Å². The molecule has 1 fully saturated rings. The van der Waals surface area contributed by atoms with E-state index in [1.807, 2.05) is 27.9 Å². The summed E-state index contributed by atoms with van der Waals surface area (Å²) in [6.07, 6.45) is 8.98. The zero-order chi connectivity index (χ0) is 27.2. The highest BCUT2D eigenvalue weighted by molar-refractivity contribution is 6.31. The Hall–Kier alpha value is -2.64. The molecule has 0 saturated carbocycles. The molecule has 206 valence electrons. The number of carbonyl (C=O) groups excluding carboxylic acids is 1. The Bertz CT molecular complexity index is 1260. The average molecular weight is 541 g/mol. The van der Waals surface area contributed by atoms with Crippen molar-refractivity contribution in [1.29, 1.82) is 0 Å². The van der Waals surface area contributed by atoms with Gasteiger partial charge >= 0.3 is 5.69 Å². The Morgan fingerprint density at radius 1 is 1.08 bits per heavy atom. The molecule has 1 amide bonds. The largest absolute Gasteiger partial charge is 0.395 e. The Labute approximate surface area is 230 Å². The van der Waals surface area contributed by atoms with E-state index in [1.54, 1.807) is 16.7 Å². The van der Waals surface area contributed by atoms with Crippen LogP contribution in [-0.2, 0) is 11.3 Å². The van der Waals surface area contributed by atoms with Crippen LogP contribution in [0.1, 0.15) is 76.8 Å². The van der Waals surface area contributed by atoms with Crippen molar-refractivity contribution in [2.45, 2.75) is 77.8 Å². The van der Waals surface area contributed by atoms with Crippen LogP contribution >= 0.6 is 11.6 Å². The summed E-state index contributed by atoms with van der Waals surface area (Å²) >= 11 is 6.21. The molecule has 7 nitrogen and oxygen atoms in total. The first kappa shape index (κ1) is 28.4. The summed E-state index contributed by atoms with van der Waals surface area (Å²) in [6.45, 7) is 8.11. The number of aliphatic hydroxyl groups excluding tert-OH is 1. The van der Waals surface area contributed by atoms with Crippen molar-refractivity contribution in [3.63, 3.8) is 0 Å². The lowest BCUT2D eigenvalue weighted by atomic mass is 9.83. The third-order valence-corrected chi connectivity index (χ3v) is 8.67. The number of pyridine rings is 1. The van der Waals surface area contributed by atoms with E-state index in [-0.39, 0.29) is 36.7 Å². The number of halogens is 1. The van der Waals surface area contributed by atoms with Gasteiger partial charge in [-0.1, -0.05) is 38.8 Å². The zero-order valence-corrected chi connectivity index (χ0v) is 23.6. The van der Waals surface area contributed by atoms with E-state index in [4.69, 9.17) is 11.6 Å². The number of benzene rings is 1. The molecule has 0 bridgehead atoms. The molecule has 2 unspecified atom stereocenters. The van der Waals surface area contributed by atoms with Gasteiger partial charge in [0.25, 0.3) is 0 Å². The maximum absolute atomic E-state index is 13.6. The van der Waals surface area contributed by atoms with Crippen molar-refractivity contribution >= 4 is 28.5 Å². The fourth-order valence-electron chi connectivity index (χ4n) is 5.97. The van der Waals surface area contributed by atoms with Crippen molar-refractivity contribution in [2.75, 3.05) is 19.7 Å². The molecule has 0 aliphatic carbocycles. The van der Waals surface area contributed by atoms with Crippen LogP contribution in [0.25, 0.3) is 11.0 Å². The summed E-state index contributed by atoms with van der Waals surface area (Å²) < 4.78 is 3.44. The van der Waals surface area contributed by atoms with Gasteiger partial charge in [-0.25, -0.2) is 4.79 Å². The van der Waals surface area contributed by atoms with Gasteiger partial charge in [-0.3, -0.25) is 18.9 Å². The minimum absolute atomic E-state index is 0.0148. The van der Waals surface area contributed by atoms with E-state index in [9.17, 15) is 14.7 Å². The molecule has 38 heavy (non-hydrogen) atoms. The van der Waals surface area contributed by atoms with Crippen LogP contribution in [0, 0.1) is 11.8 Å². The number of rotatable bonds is 11. The molecule has 2 aromatic heterocycles. The van der Waals surface area contributed by atoms with Gasteiger partial charge < -0.3 is 10.0 Å². The molecule has 4 rings (SSSR count). The van der Waals surface area contributed by atoms with Crippen molar-refractivity contribution in [2.24, 2.45) is 11.8 Å². The topological polar surface area (TPSA) is 80.4 Å². The lowest BCUT2D eigenvalue weighted by Gasteiger charge is -2.35. The van der Waals surface area contributed by atoms with E-state index in [0.29, 0.717) is 29.9 Å². The van der Waals surface area contributed by atoms with Gasteiger partial charge in [0.2, 0.25) is 5.91 Å². The second kappa shape index (κ2) is 12.9. The van der Waals surface area contributed by atoms with Crippen molar-refractivity contribution in [3.8, 4) is 0 Å². The van der Waals surface area contributed by atoms with Gasteiger partial charge in [0, 0.05) is 42.5 Å². The SMILES string of the molecule is CCCC(CCC(C)[C@@H](C)c1ccncc1)C(=O)N1CCC(n2c(=O)n(CCO)c3cc(Cl)ccc32)CC1. The van der Waals surface area contributed by atoms with Crippen LogP contribution in [0.4, 0.5) is 0 Å². The lowest BCUT2D eigenvalue weighted by molar-refractivity contribution is -0.137. The van der Waals surface area contributed by atoms with E-state index in [0.717, 1.165) is 49.6 Å². The average Bonchev–Trinajstić information content (AvgIpc) is 3.21. The predicted octanol–water partition coefficient (Wildman–Crippen LogP) is 5.64. The number of aliphatic hydroxyl groups is 1. The molecule has 3 atom stereocenters. The standard InChI is InChI=1S/C30H41ClN4O3/c1-4-5-24(7-6-21(2)22(3)23-10-14-32-15-11-23)29(37)33-16-12-26(13-17-33)35-27-9-8-25(31)20-28(27)34(18-19-36)30(35)38/h8-11,14-15,20-22,24,26,36H,4-7,12-13,16-19H2,1-3H3/t21?,22-,24?/m1/s1. The fourth-order valence-corrected chi connectivity index (χ4v) is 6.14. The lowest BCUT2D eigenvalue weighted by Crippen LogP contribution is -2.43. The summed E-state index contributed by atoms with van der Waals surface area (Å²) in [5.74, 6) is 1.20. The van der Waals surface area contributed by atoms with Gasteiger partial charge in [-0.15, -0.1) is 0 Å². The molecule has 0 radical (unpaired) electrons. The minimum Gasteiger partial charge on any atom is -0.395 e.